The van der Waals surface area contributed by atoms with E-state index in [1.807, 2.05) is 6.92 Å². The Balaban J connectivity index is 2.62. The number of carbonyl (C=O) groups is 4. The van der Waals surface area contributed by atoms with Crippen molar-refractivity contribution in [2.75, 3.05) is 20.8 Å². The number of allylic oxidation sites excluding steroid dienone is 4. The lowest BCUT2D eigenvalue weighted by Gasteiger charge is -2.30. The van der Waals surface area contributed by atoms with E-state index in [0.717, 1.165) is 6.08 Å². The van der Waals surface area contributed by atoms with E-state index >= 15 is 0 Å². The molecule has 0 saturated carbocycles. The number of primary amides is 1. The Labute approximate surface area is 247 Å². The zero-order valence-corrected chi connectivity index (χ0v) is 25.1. The molecule has 11 nitrogen and oxygen atoms in total. The zero-order chi connectivity index (χ0) is 31.6. The molecule has 6 atom stereocenters. The first kappa shape index (κ1) is 34.4. The Hall–Kier alpha value is -3.80. The van der Waals surface area contributed by atoms with Crippen molar-refractivity contribution in [1.29, 1.82) is 0 Å². The van der Waals surface area contributed by atoms with E-state index in [-0.39, 0.29) is 41.4 Å². The quantitative estimate of drug-likeness (QED) is 0.271. The molecule has 2 rings (SSSR count). The fraction of sp³-hybridized carbons (Fsp3) is 0.484. The molecule has 1 heterocycles. The van der Waals surface area contributed by atoms with Crippen LogP contribution in [0.4, 0.5) is 4.79 Å². The molecule has 0 unspecified atom stereocenters. The summed E-state index contributed by atoms with van der Waals surface area (Å²) in [6, 6.07) is 0. The summed E-state index contributed by atoms with van der Waals surface area (Å²) in [5, 5.41) is 16.7. The molecule has 0 saturated heterocycles. The molecule has 230 valence electrons. The minimum absolute atomic E-state index is 0.132. The van der Waals surface area contributed by atoms with E-state index in [0.29, 0.717) is 12.0 Å². The molecule has 0 spiro atoms. The molecule has 2 amide bonds. The molecule has 0 radical (unpaired) electrons. The maximum Gasteiger partial charge on any atom is 0.405 e. The lowest BCUT2D eigenvalue weighted by Crippen LogP contribution is -2.37. The third-order valence-electron chi connectivity index (χ3n) is 7.22. The first-order chi connectivity index (χ1) is 19.8. The normalized spacial score (nSPS) is 31.6. The number of hydrogen-bond acceptors (Lipinski definition) is 9. The first-order valence-corrected chi connectivity index (χ1v) is 13.8. The fourth-order valence-corrected chi connectivity index (χ4v) is 4.95. The molecule has 5 N–H and O–H groups in total. The number of fused-ring (bicyclic) bond motifs is 2. The summed E-state index contributed by atoms with van der Waals surface area (Å²) in [6.45, 7) is 10.9. The number of ether oxygens (including phenoxy) is 3. The van der Waals surface area contributed by atoms with Crippen LogP contribution >= 0.6 is 0 Å². The van der Waals surface area contributed by atoms with E-state index in [4.69, 9.17) is 19.9 Å². The van der Waals surface area contributed by atoms with Crippen LogP contribution in [0, 0.1) is 11.8 Å². The van der Waals surface area contributed by atoms with Crippen LogP contribution in [-0.4, -0.2) is 73.9 Å². The van der Waals surface area contributed by atoms with Gasteiger partial charge in [0, 0.05) is 43.9 Å². The van der Waals surface area contributed by atoms with Gasteiger partial charge in [0.1, 0.15) is 6.10 Å². The summed E-state index contributed by atoms with van der Waals surface area (Å²) in [5.41, 5.74) is 6.42. The van der Waals surface area contributed by atoms with Gasteiger partial charge in [-0.3, -0.25) is 14.4 Å². The van der Waals surface area contributed by atoms with E-state index in [9.17, 15) is 24.3 Å². The van der Waals surface area contributed by atoms with Gasteiger partial charge in [0.15, 0.2) is 6.10 Å². The molecular weight excluding hydrogens is 542 g/mol. The second-order valence-corrected chi connectivity index (χ2v) is 10.6. The summed E-state index contributed by atoms with van der Waals surface area (Å²) in [7, 11) is 2.92. The van der Waals surface area contributed by atoms with Gasteiger partial charge >= 0.3 is 6.09 Å². The smallest absolute Gasteiger partial charge is 0.405 e. The van der Waals surface area contributed by atoms with Gasteiger partial charge in [-0.15, -0.1) is 6.58 Å². The number of aliphatic hydroxyl groups is 1. The number of carbonyl (C=O) groups excluding carboxylic acids is 4. The number of nitrogens with two attached hydrogens (primary N) is 1. The van der Waals surface area contributed by atoms with Crippen molar-refractivity contribution in [3.63, 3.8) is 0 Å². The topological polar surface area (TPSA) is 166 Å². The van der Waals surface area contributed by atoms with Gasteiger partial charge in [-0.25, -0.2) is 4.79 Å². The van der Waals surface area contributed by atoms with Crippen molar-refractivity contribution in [2.24, 2.45) is 17.6 Å². The van der Waals surface area contributed by atoms with Gasteiger partial charge in [-0.1, -0.05) is 44.2 Å². The Morgan fingerprint density at radius 3 is 2.50 bits per heavy atom. The van der Waals surface area contributed by atoms with Gasteiger partial charge in [0.25, 0.3) is 5.91 Å². The third kappa shape index (κ3) is 9.10. The second kappa shape index (κ2) is 16.0. The Bertz CT molecular complexity index is 1210. The number of ketones is 2. The minimum Gasteiger partial charge on any atom is -0.439 e. The standard InChI is InChI=1S/C31H43N3O8/c1-8-12-33-26-21-13-17(2)14-25(41-7)27(36)19(4)15-20(5)29(42-31(32)39)24(40-6)11-9-10-18(3)30(38)34-22(28(21)37)16-23(26)35/h8-11,15-17,19,24-25,27,29,33,36H,1,12-14H2,2-7H3,(H2,32,39)(H,34,38)/b11-9+,18-10-,20-15-/t17-,19+,24+,25+,27-,29+/m1/s1. The van der Waals surface area contributed by atoms with Crippen LogP contribution < -0.4 is 16.4 Å². The molecule has 2 bridgehead atoms. The highest BCUT2D eigenvalue weighted by molar-refractivity contribution is 6.23. The summed E-state index contributed by atoms with van der Waals surface area (Å²) >= 11 is 0. The van der Waals surface area contributed by atoms with E-state index < -0.39 is 53.9 Å². The van der Waals surface area contributed by atoms with Crippen LogP contribution in [0.2, 0.25) is 0 Å². The Morgan fingerprint density at radius 1 is 1.21 bits per heavy atom. The Morgan fingerprint density at radius 2 is 1.90 bits per heavy atom. The van der Waals surface area contributed by atoms with Crippen molar-refractivity contribution in [1.82, 2.24) is 10.6 Å². The molecule has 0 aromatic carbocycles. The Kier molecular flexibility index (Phi) is 13.1. The summed E-state index contributed by atoms with van der Waals surface area (Å²) in [4.78, 5) is 51.3. The lowest BCUT2D eigenvalue weighted by atomic mass is 9.85. The van der Waals surface area contributed by atoms with Crippen LogP contribution in [0.5, 0.6) is 0 Å². The van der Waals surface area contributed by atoms with Gasteiger partial charge in [-0.05, 0) is 38.2 Å². The number of nitrogens with one attached hydrogen (secondary N) is 2. The van der Waals surface area contributed by atoms with Gasteiger partial charge in [0.05, 0.1) is 23.6 Å². The first-order valence-electron chi connectivity index (χ1n) is 13.8. The van der Waals surface area contributed by atoms with E-state index in [2.05, 4.69) is 17.2 Å². The highest BCUT2D eigenvalue weighted by Gasteiger charge is 2.33. The van der Waals surface area contributed by atoms with Crippen LogP contribution in [0.15, 0.2) is 71.1 Å². The number of aliphatic hydroxyl groups excluding tert-OH is 1. The maximum absolute atomic E-state index is 13.5. The average Bonchev–Trinajstić information content (AvgIpc) is 2.94. The van der Waals surface area contributed by atoms with Crippen molar-refractivity contribution < 1.29 is 38.5 Å². The van der Waals surface area contributed by atoms with E-state index in [1.54, 1.807) is 45.1 Å². The molecule has 0 aromatic heterocycles. The molecule has 42 heavy (non-hydrogen) atoms. The molecule has 11 heteroatoms. The molecule has 0 aromatic rings. The van der Waals surface area contributed by atoms with Crippen LogP contribution in [0.3, 0.4) is 0 Å². The van der Waals surface area contributed by atoms with Crippen molar-refractivity contribution in [2.45, 2.75) is 65.0 Å². The number of methoxy groups -OCH3 is 2. The maximum atomic E-state index is 13.5. The molecule has 2 aliphatic rings. The molecule has 0 fully saturated rings. The van der Waals surface area contributed by atoms with Crippen molar-refractivity contribution >= 4 is 23.6 Å². The van der Waals surface area contributed by atoms with Gasteiger partial charge in [0.2, 0.25) is 11.6 Å². The lowest BCUT2D eigenvalue weighted by molar-refractivity contribution is -0.120. The number of rotatable bonds is 6. The van der Waals surface area contributed by atoms with Crippen LogP contribution in [0.25, 0.3) is 0 Å². The predicted octanol–water partition coefficient (Wildman–Crippen LogP) is 2.54. The van der Waals surface area contributed by atoms with Crippen molar-refractivity contribution in [3.8, 4) is 0 Å². The van der Waals surface area contributed by atoms with E-state index in [1.165, 1.54) is 20.3 Å². The minimum atomic E-state index is -1.00. The monoisotopic (exact) mass is 585 g/mol. The molecule has 1 aliphatic heterocycles. The summed E-state index contributed by atoms with van der Waals surface area (Å²) in [6.07, 6.45) is 5.34. The van der Waals surface area contributed by atoms with Crippen molar-refractivity contribution in [3.05, 3.63) is 71.1 Å². The van der Waals surface area contributed by atoms with Crippen LogP contribution in [0.1, 0.15) is 40.5 Å². The van der Waals surface area contributed by atoms with Gasteiger partial charge < -0.3 is 35.7 Å². The average molecular weight is 586 g/mol. The SMILES string of the molecule is C=CCNC1=C2C[C@@H](C)C[C@H](OC)[C@H](O)[C@@H](C)/C=C(/C)[C@H](OC(N)=O)[C@@H](OC)/C=C/C=C(/C)C(=O)NC(=CC1=O)C2=O. The number of Topliss-reactive ketones (excluding diaryl/α,β-unsaturated/α-hetero) is 1. The summed E-state index contributed by atoms with van der Waals surface area (Å²) in [5.74, 6) is -2.14. The van der Waals surface area contributed by atoms with Gasteiger partial charge in [-0.2, -0.15) is 0 Å². The number of hydrogen-bond donors (Lipinski definition) is 4. The van der Waals surface area contributed by atoms with Crippen LogP contribution in [-0.2, 0) is 28.6 Å². The number of amides is 2. The highest BCUT2D eigenvalue weighted by Crippen LogP contribution is 2.28. The summed E-state index contributed by atoms with van der Waals surface area (Å²) < 4.78 is 16.6. The fourth-order valence-electron chi connectivity index (χ4n) is 4.95. The highest BCUT2D eigenvalue weighted by atomic mass is 16.6. The predicted molar refractivity (Wildman–Crippen MR) is 158 cm³/mol. The molecular formula is C31H43N3O8. The largest absolute Gasteiger partial charge is 0.439 e. The molecule has 1 aliphatic carbocycles. The second-order valence-electron chi connectivity index (χ2n) is 10.6. The zero-order valence-electron chi connectivity index (χ0n) is 25.1. The third-order valence-corrected chi connectivity index (χ3v) is 7.22.